The van der Waals surface area contributed by atoms with Crippen molar-refractivity contribution in [3.63, 3.8) is 0 Å². The number of nitrogens with one attached hydrogen (secondary N) is 5. The highest BCUT2D eigenvalue weighted by molar-refractivity contribution is 6.12. The molecule has 0 saturated heterocycles. The van der Waals surface area contributed by atoms with E-state index < -0.39 is 73.5 Å². The van der Waals surface area contributed by atoms with Gasteiger partial charge in [0.1, 0.15) is 76.8 Å². The van der Waals surface area contributed by atoms with Gasteiger partial charge in [-0.3, -0.25) is 33.7 Å². The number of aromatic nitrogens is 6. The van der Waals surface area contributed by atoms with Gasteiger partial charge in [-0.1, -0.05) is 34.7 Å². The maximum atomic E-state index is 12.8. The minimum Gasteiger partial charge on any atom is -0.462 e. The van der Waals surface area contributed by atoms with Gasteiger partial charge in [0.2, 0.25) is 11.8 Å². The third-order valence-corrected chi connectivity index (χ3v) is 13.6. The van der Waals surface area contributed by atoms with E-state index in [-0.39, 0.29) is 130 Å². The van der Waals surface area contributed by atoms with Crippen molar-refractivity contribution in [1.82, 2.24) is 70.4 Å². The van der Waals surface area contributed by atoms with Gasteiger partial charge >= 0.3 is 42.4 Å². The molecule has 5 N–H and O–H groups in total. The Morgan fingerprint density at radius 1 is 0.464 bits per heavy atom. The van der Waals surface area contributed by atoms with Gasteiger partial charge in [-0.15, -0.1) is 10.2 Å². The van der Waals surface area contributed by atoms with E-state index in [1.807, 2.05) is 0 Å². The minimum atomic E-state index is -1.12. The molecule has 3 heterocycles. The monoisotopic (exact) mass is 1360 g/mol. The standard InChI is InChI=1S/C60H84N16O21/c1-43(77)70(3)17-19-72(5)59(86)96-39-45-7-11-47(12-8-45)61-35-54(81)91-30-27-88-24-21-74-37-49(66-68-74)33-63-56(83)94-41-51(65-58(85)93-32-29-90-26-23-76-52(79)15-16-53(76)80)42-95-57(84)64-34-50-38-75(69-67-50)22-25-89-28-31-92-55(82)36-62-48-13-9-46(10-14-48)40-97-60(87)73(6)20-18-71(4)44(2)78/h7-16,37-38,51,61-62H,17-36,39-42H2,1-6H3,(H,63,83)(H,64,84)(H,65,85). The Morgan fingerprint density at radius 2 is 0.856 bits per heavy atom. The molecule has 0 radical (unpaired) electrons. The average Bonchev–Trinajstić information content (AvgIpc) is 1.84. The molecule has 0 spiro atoms. The number of carbonyl (C=O) groups excluding carboxylic acids is 11. The zero-order chi connectivity index (χ0) is 70.3. The molecule has 2 aromatic heterocycles. The molecule has 0 aliphatic carbocycles. The van der Waals surface area contributed by atoms with Crippen molar-refractivity contribution in [1.29, 1.82) is 0 Å². The van der Waals surface area contributed by atoms with Crippen molar-refractivity contribution in [2.75, 3.05) is 157 Å². The van der Waals surface area contributed by atoms with Crippen LogP contribution >= 0.6 is 0 Å². The van der Waals surface area contributed by atoms with Gasteiger partial charge in [0.15, 0.2) is 0 Å². The lowest BCUT2D eigenvalue weighted by Crippen LogP contribution is -2.44. The molecule has 530 valence electrons. The number of ether oxygens (including phenoxy) is 10. The van der Waals surface area contributed by atoms with Crippen LogP contribution in [-0.2, 0) is 116 Å². The number of alkyl carbamates (subject to hydrolysis) is 3. The van der Waals surface area contributed by atoms with Crippen molar-refractivity contribution >= 4 is 77.4 Å². The topological polar surface area (TPSA) is 418 Å². The SMILES string of the molecule is CC(=O)N(C)CCN(C)C(=O)OCc1ccc(NCC(=O)OCCOCCn2cc(CNC(=O)OCC(COC(=O)NCc3cn(CCOCCOC(=O)CNc4ccc(COC(=O)N(C)CCN(C)C(C)=O)cc4)nn3)NC(=O)OCCOCCN3C(=O)C=CC3=O)nn2)cc1. The maximum Gasteiger partial charge on any atom is 0.409 e. The number of anilines is 2. The van der Waals surface area contributed by atoms with E-state index in [9.17, 15) is 52.7 Å². The van der Waals surface area contributed by atoms with E-state index in [2.05, 4.69) is 47.2 Å². The molecule has 37 heteroatoms. The van der Waals surface area contributed by atoms with E-state index in [1.54, 1.807) is 89.1 Å². The Balaban J connectivity index is 0.928. The highest BCUT2D eigenvalue weighted by Crippen LogP contribution is 2.13. The van der Waals surface area contributed by atoms with E-state index in [4.69, 9.17) is 47.4 Å². The fourth-order valence-corrected chi connectivity index (χ4v) is 7.73. The molecule has 0 unspecified atom stereocenters. The van der Waals surface area contributed by atoms with Crippen molar-refractivity contribution in [2.45, 2.75) is 59.3 Å². The molecule has 0 fully saturated rings. The summed E-state index contributed by atoms with van der Waals surface area (Å²) in [6.45, 7) is 3.68. The van der Waals surface area contributed by atoms with Gasteiger partial charge in [0.25, 0.3) is 11.8 Å². The average molecular weight is 1370 g/mol. The summed E-state index contributed by atoms with van der Waals surface area (Å²) < 4.78 is 56.3. The molecule has 2 aromatic carbocycles. The Hall–Kier alpha value is -10.7. The quantitative estimate of drug-likeness (QED) is 0.0174. The number of esters is 2. The molecule has 37 nitrogen and oxygen atoms in total. The zero-order valence-electron chi connectivity index (χ0n) is 55.0. The molecule has 0 saturated carbocycles. The number of imide groups is 1. The summed E-state index contributed by atoms with van der Waals surface area (Å²) in [4.78, 5) is 141. The first-order chi connectivity index (χ1) is 46.6. The summed E-state index contributed by atoms with van der Waals surface area (Å²) in [7, 11) is 6.46. The number of carbonyl (C=O) groups is 11. The van der Waals surface area contributed by atoms with Crippen LogP contribution in [0.2, 0.25) is 0 Å². The van der Waals surface area contributed by atoms with Crippen LogP contribution in [0.25, 0.3) is 0 Å². The van der Waals surface area contributed by atoms with E-state index in [0.717, 1.165) is 28.2 Å². The molecule has 9 amide bonds. The number of rotatable bonds is 43. The van der Waals surface area contributed by atoms with Gasteiger partial charge < -0.3 is 93.6 Å². The van der Waals surface area contributed by atoms with Gasteiger partial charge in [-0.25, -0.2) is 33.3 Å². The van der Waals surface area contributed by atoms with Crippen LogP contribution in [0.15, 0.2) is 73.1 Å². The highest BCUT2D eigenvalue weighted by Gasteiger charge is 2.24. The van der Waals surface area contributed by atoms with Crippen LogP contribution in [0.5, 0.6) is 0 Å². The number of hydrogen-bond donors (Lipinski definition) is 5. The van der Waals surface area contributed by atoms with E-state index >= 15 is 0 Å². The molecular formula is C60H84N16O21. The predicted molar refractivity (Wildman–Crippen MR) is 337 cm³/mol. The van der Waals surface area contributed by atoms with Gasteiger partial charge in [0, 0.05) is 91.7 Å². The fourth-order valence-electron chi connectivity index (χ4n) is 7.73. The summed E-state index contributed by atoms with van der Waals surface area (Å²) in [5.41, 5.74) is 3.47. The lowest BCUT2D eigenvalue weighted by Gasteiger charge is -2.21. The normalized spacial score (nSPS) is 11.5. The minimum absolute atomic E-state index is 0.00537. The number of likely N-dealkylation sites (N-methyl/N-ethyl adjacent to an activating group) is 4. The first-order valence-corrected chi connectivity index (χ1v) is 30.6. The van der Waals surface area contributed by atoms with Crippen molar-refractivity contribution in [2.24, 2.45) is 0 Å². The largest absolute Gasteiger partial charge is 0.462 e. The lowest BCUT2D eigenvalue weighted by molar-refractivity contribution is -0.143. The predicted octanol–water partition coefficient (Wildman–Crippen LogP) is 0.496. The summed E-state index contributed by atoms with van der Waals surface area (Å²) in [6, 6.07) is 12.8. The maximum absolute atomic E-state index is 12.8. The second kappa shape index (κ2) is 42.6. The Kier molecular flexibility index (Phi) is 33.8. The molecular weight excluding hydrogens is 1280 g/mol. The third-order valence-electron chi connectivity index (χ3n) is 13.6. The highest BCUT2D eigenvalue weighted by atomic mass is 16.6. The summed E-state index contributed by atoms with van der Waals surface area (Å²) in [6.07, 6.45) is 1.54. The summed E-state index contributed by atoms with van der Waals surface area (Å²) in [5.74, 6) is -2.17. The van der Waals surface area contributed by atoms with Crippen LogP contribution in [0.4, 0.5) is 35.3 Å². The van der Waals surface area contributed by atoms with Crippen molar-refractivity contribution in [3.05, 3.63) is 95.6 Å². The van der Waals surface area contributed by atoms with Gasteiger partial charge in [-0.05, 0) is 35.4 Å². The van der Waals surface area contributed by atoms with Gasteiger partial charge in [0.05, 0.1) is 84.8 Å². The summed E-state index contributed by atoms with van der Waals surface area (Å²) >= 11 is 0. The Labute approximate surface area is 558 Å². The molecule has 1 aliphatic rings. The summed E-state index contributed by atoms with van der Waals surface area (Å²) in [5, 5.41) is 29.5. The Bertz CT molecular complexity index is 3030. The molecule has 0 bridgehead atoms. The van der Waals surface area contributed by atoms with Crippen LogP contribution in [0, 0.1) is 0 Å². The number of benzene rings is 2. The van der Waals surface area contributed by atoms with Crippen molar-refractivity contribution in [3.8, 4) is 0 Å². The molecule has 5 rings (SSSR count). The van der Waals surface area contributed by atoms with E-state index in [1.165, 1.54) is 42.8 Å². The molecule has 1 aliphatic heterocycles. The second-order valence-corrected chi connectivity index (χ2v) is 21.2. The molecule has 97 heavy (non-hydrogen) atoms. The van der Waals surface area contributed by atoms with Crippen LogP contribution in [-0.4, -0.2) is 273 Å². The number of amides is 9. The number of hydrogen-bond acceptors (Lipinski definition) is 27. The zero-order valence-corrected chi connectivity index (χ0v) is 55.0. The smallest absolute Gasteiger partial charge is 0.409 e. The van der Waals surface area contributed by atoms with Crippen LogP contribution < -0.4 is 26.6 Å². The fraction of sp³-hybridized carbons (Fsp3) is 0.517. The second-order valence-electron chi connectivity index (χ2n) is 21.2. The van der Waals surface area contributed by atoms with Gasteiger partial charge in [-0.2, -0.15) is 0 Å². The molecule has 0 atom stereocenters. The Morgan fingerprint density at radius 3 is 1.27 bits per heavy atom. The molecule has 4 aromatic rings. The van der Waals surface area contributed by atoms with Crippen molar-refractivity contribution < 1.29 is 100 Å². The number of nitrogens with zero attached hydrogens (tertiary/aromatic N) is 11. The van der Waals surface area contributed by atoms with Crippen LogP contribution in [0.3, 0.4) is 0 Å². The third kappa shape index (κ3) is 31.4. The van der Waals surface area contributed by atoms with E-state index in [0.29, 0.717) is 48.9 Å². The lowest BCUT2D eigenvalue weighted by atomic mass is 10.2. The first kappa shape index (κ1) is 77.0. The van der Waals surface area contributed by atoms with Crippen LogP contribution in [0.1, 0.15) is 36.4 Å². The first-order valence-electron chi connectivity index (χ1n) is 30.6.